The average molecular weight is 272 g/mol. The molecule has 2 N–H and O–H groups in total. The summed E-state index contributed by atoms with van der Waals surface area (Å²) in [5.74, 6) is 1.17. The zero-order chi connectivity index (χ0) is 12.1. The number of hydrogen-bond acceptors (Lipinski definition) is 1. The van der Waals surface area contributed by atoms with Gasteiger partial charge >= 0.3 is 0 Å². The van der Waals surface area contributed by atoms with Crippen molar-refractivity contribution < 1.29 is 4.99 Å². The normalized spacial score (nSPS) is 16.9. The SMILES string of the molecule is Clc1cc(Cl)cc(NC2=[NH+]CCCCCC2)c1. The monoisotopic (exact) mass is 271 g/mol. The van der Waals surface area contributed by atoms with Crippen LogP contribution in [0.3, 0.4) is 0 Å². The molecule has 0 radical (unpaired) electrons. The zero-order valence-electron chi connectivity index (χ0n) is 9.73. The fourth-order valence-corrected chi connectivity index (χ4v) is 2.54. The molecule has 0 spiro atoms. The molecule has 4 heteroatoms. The zero-order valence-corrected chi connectivity index (χ0v) is 11.2. The summed E-state index contributed by atoms with van der Waals surface area (Å²) < 4.78 is 0. The Morgan fingerprint density at radius 3 is 2.41 bits per heavy atom. The molecule has 1 aromatic carbocycles. The summed E-state index contributed by atoms with van der Waals surface area (Å²) in [5, 5.41) is 4.68. The standard InChI is InChI=1S/C13H16Cl2N2/c14-10-7-11(15)9-12(8-10)17-13-5-3-1-2-4-6-16-13/h7-9H,1-6H2,(H,16,17)/p+1. The van der Waals surface area contributed by atoms with Crippen LogP contribution in [-0.2, 0) is 0 Å². The van der Waals surface area contributed by atoms with E-state index in [2.05, 4.69) is 10.3 Å². The van der Waals surface area contributed by atoms with Gasteiger partial charge < -0.3 is 0 Å². The first-order valence-electron chi connectivity index (χ1n) is 6.07. The molecule has 2 nitrogen and oxygen atoms in total. The molecule has 0 fully saturated rings. The molecule has 0 unspecified atom stereocenters. The lowest BCUT2D eigenvalue weighted by atomic mass is 10.1. The largest absolute Gasteiger partial charge is 0.278 e. The van der Waals surface area contributed by atoms with E-state index in [1.165, 1.54) is 31.5 Å². The smallest absolute Gasteiger partial charge is 0.247 e. The first-order chi connectivity index (χ1) is 8.24. The highest BCUT2D eigenvalue weighted by molar-refractivity contribution is 6.35. The van der Waals surface area contributed by atoms with Gasteiger partial charge in [-0.2, -0.15) is 0 Å². The Morgan fingerprint density at radius 2 is 1.65 bits per heavy atom. The number of rotatable bonds is 1. The van der Waals surface area contributed by atoms with Crippen LogP contribution in [0.15, 0.2) is 18.2 Å². The van der Waals surface area contributed by atoms with E-state index in [4.69, 9.17) is 23.2 Å². The van der Waals surface area contributed by atoms with Crippen LogP contribution < -0.4 is 10.3 Å². The van der Waals surface area contributed by atoms with Crippen LogP contribution >= 0.6 is 23.2 Å². The van der Waals surface area contributed by atoms with E-state index in [1.54, 1.807) is 6.07 Å². The van der Waals surface area contributed by atoms with Gasteiger partial charge in [-0.1, -0.05) is 29.6 Å². The molecule has 0 saturated carbocycles. The maximum Gasteiger partial charge on any atom is 0.247 e. The molecular formula is C13H17Cl2N2+. The van der Waals surface area contributed by atoms with Crippen molar-refractivity contribution in [3.63, 3.8) is 0 Å². The van der Waals surface area contributed by atoms with E-state index >= 15 is 0 Å². The second kappa shape index (κ2) is 6.27. The highest BCUT2D eigenvalue weighted by Gasteiger charge is 2.11. The Kier molecular flexibility index (Phi) is 4.69. The Hall–Kier alpha value is -0.730. The molecule has 0 aromatic heterocycles. The summed E-state index contributed by atoms with van der Waals surface area (Å²) in [7, 11) is 0. The molecule has 0 aliphatic carbocycles. The molecule has 1 aromatic rings. The summed E-state index contributed by atoms with van der Waals surface area (Å²) in [6, 6.07) is 5.52. The number of hydrogen-bond donors (Lipinski definition) is 2. The number of anilines is 1. The third-order valence-electron chi connectivity index (χ3n) is 2.85. The fraction of sp³-hybridized carbons (Fsp3) is 0.462. The lowest BCUT2D eigenvalue weighted by Gasteiger charge is -2.07. The van der Waals surface area contributed by atoms with Gasteiger partial charge in [-0.3, -0.25) is 4.99 Å². The number of amidine groups is 1. The Morgan fingerprint density at radius 1 is 0.941 bits per heavy atom. The topological polar surface area (TPSA) is 26.0 Å². The van der Waals surface area contributed by atoms with Crippen molar-refractivity contribution >= 4 is 34.7 Å². The molecular weight excluding hydrogens is 255 g/mol. The summed E-state index contributed by atoms with van der Waals surface area (Å²) >= 11 is 11.9. The molecule has 0 atom stereocenters. The fourth-order valence-electron chi connectivity index (χ4n) is 2.01. The van der Waals surface area contributed by atoms with E-state index in [9.17, 15) is 0 Å². The van der Waals surface area contributed by atoms with E-state index in [0.29, 0.717) is 10.0 Å². The van der Waals surface area contributed by atoms with Gasteiger partial charge in [0.2, 0.25) is 5.84 Å². The molecule has 1 heterocycles. The first kappa shape index (κ1) is 12.7. The van der Waals surface area contributed by atoms with E-state index < -0.39 is 0 Å². The summed E-state index contributed by atoms with van der Waals surface area (Å²) in [6.07, 6.45) is 6.15. The van der Waals surface area contributed by atoms with Gasteiger partial charge in [0, 0.05) is 28.6 Å². The van der Waals surface area contributed by atoms with E-state index in [0.717, 1.165) is 18.7 Å². The Labute approximate surface area is 112 Å². The molecule has 0 amide bonds. The van der Waals surface area contributed by atoms with Crippen molar-refractivity contribution in [2.24, 2.45) is 0 Å². The van der Waals surface area contributed by atoms with Crippen molar-refractivity contribution in [2.75, 3.05) is 11.9 Å². The van der Waals surface area contributed by atoms with E-state index in [-0.39, 0.29) is 0 Å². The third kappa shape index (κ3) is 4.21. The number of benzene rings is 1. The molecule has 92 valence electrons. The number of halogens is 2. The van der Waals surface area contributed by atoms with Crippen molar-refractivity contribution in [3.8, 4) is 0 Å². The maximum atomic E-state index is 5.97. The van der Waals surface area contributed by atoms with Gasteiger partial charge in [0.05, 0.1) is 6.54 Å². The molecule has 0 bridgehead atoms. The van der Waals surface area contributed by atoms with Crippen LogP contribution in [0.2, 0.25) is 10.0 Å². The van der Waals surface area contributed by atoms with Crippen LogP contribution in [0.5, 0.6) is 0 Å². The van der Waals surface area contributed by atoms with Gasteiger partial charge in [0.15, 0.2) is 0 Å². The minimum absolute atomic E-state index is 0.659. The Balaban J connectivity index is 2.07. The predicted octanol–water partition coefficient (Wildman–Crippen LogP) is 2.85. The summed E-state index contributed by atoms with van der Waals surface area (Å²) in [5.41, 5.74) is 0.950. The van der Waals surface area contributed by atoms with Crippen LogP contribution in [-0.4, -0.2) is 12.4 Å². The second-order valence-corrected chi connectivity index (χ2v) is 5.23. The van der Waals surface area contributed by atoms with Crippen molar-refractivity contribution in [1.29, 1.82) is 0 Å². The number of nitrogens with one attached hydrogen (secondary N) is 2. The highest BCUT2D eigenvalue weighted by Crippen LogP contribution is 2.22. The van der Waals surface area contributed by atoms with E-state index in [1.807, 2.05) is 12.1 Å². The van der Waals surface area contributed by atoms with Gasteiger partial charge in [-0.05, 0) is 25.3 Å². The lowest BCUT2D eigenvalue weighted by molar-refractivity contribution is -0.459. The van der Waals surface area contributed by atoms with Gasteiger partial charge in [0.1, 0.15) is 5.69 Å². The highest BCUT2D eigenvalue weighted by atomic mass is 35.5. The maximum absolute atomic E-state index is 5.97. The lowest BCUT2D eigenvalue weighted by Crippen LogP contribution is -2.75. The van der Waals surface area contributed by atoms with Crippen molar-refractivity contribution in [2.45, 2.75) is 32.1 Å². The van der Waals surface area contributed by atoms with Gasteiger partial charge in [-0.25, -0.2) is 5.32 Å². The molecule has 2 rings (SSSR count). The molecule has 0 saturated heterocycles. The van der Waals surface area contributed by atoms with Crippen LogP contribution in [0.4, 0.5) is 5.69 Å². The third-order valence-corrected chi connectivity index (χ3v) is 3.29. The Bertz CT molecular complexity index is 396. The van der Waals surface area contributed by atoms with Crippen LogP contribution in [0.25, 0.3) is 0 Å². The van der Waals surface area contributed by atoms with Crippen LogP contribution in [0.1, 0.15) is 32.1 Å². The minimum Gasteiger partial charge on any atom is -0.278 e. The average Bonchev–Trinajstić information content (AvgIpc) is 2.20. The molecule has 1 aliphatic rings. The molecule has 1 aliphatic heterocycles. The van der Waals surface area contributed by atoms with Gasteiger partial charge in [-0.15, -0.1) is 0 Å². The first-order valence-corrected chi connectivity index (χ1v) is 6.82. The van der Waals surface area contributed by atoms with Crippen molar-refractivity contribution in [1.82, 2.24) is 0 Å². The molecule has 17 heavy (non-hydrogen) atoms. The van der Waals surface area contributed by atoms with Gasteiger partial charge in [0.25, 0.3) is 0 Å². The minimum atomic E-state index is 0.659. The quantitative estimate of drug-likeness (QED) is 0.807. The predicted molar refractivity (Wildman–Crippen MR) is 74.0 cm³/mol. The van der Waals surface area contributed by atoms with Crippen LogP contribution in [0, 0.1) is 0 Å². The van der Waals surface area contributed by atoms with Crippen molar-refractivity contribution in [3.05, 3.63) is 28.2 Å². The second-order valence-electron chi connectivity index (χ2n) is 4.35. The summed E-state index contributed by atoms with van der Waals surface area (Å²) in [6.45, 7) is 1.04. The summed E-state index contributed by atoms with van der Waals surface area (Å²) in [4.78, 5) is 3.43.